The van der Waals surface area contributed by atoms with Crippen LogP contribution >= 0.6 is 15.9 Å². The Bertz CT molecular complexity index is 464. The lowest BCUT2D eigenvalue weighted by Crippen LogP contribution is -2.31. The van der Waals surface area contributed by atoms with Gasteiger partial charge in [-0.1, -0.05) is 6.07 Å². The van der Waals surface area contributed by atoms with Gasteiger partial charge in [-0.2, -0.15) is 0 Å². The Morgan fingerprint density at radius 2 is 2.32 bits per heavy atom. The van der Waals surface area contributed by atoms with E-state index >= 15 is 0 Å². The molecule has 1 unspecified atom stereocenters. The third-order valence-electron chi connectivity index (χ3n) is 3.64. The van der Waals surface area contributed by atoms with Gasteiger partial charge in [0.2, 0.25) is 0 Å². The molecule has 19 heavy (non-hydrogen) atoms. The Balaban J connectivity index is 2.30. The van der Waals surface area contributed by atoms with Crippen LogP contribution in [0.3, 0.4) is 0 Å². The molecule has 2 rings (SSSR count). The van der Waals surface area contributed by atoms with Crippen LogP contribution in [0.25, 0.3) is 0 Å². The largest absolute Gasteiger partial charge is 0.396 e. The normalized spacial score (nSPS) is 18.8. The van der Waals surface area contributed by atoms with Gasteiger partial charge in [0.05, 0.1) is 5.56 Å². The van der Waals surface area contributed by atoms with Gasteiger partial charge in [-0.25, -0.2) is 0 Å². The fourth-order valence-electron chi connectivity index (χ4n) is 2.80. The number of nitrogens with one attached hydrogen (secondary N) is 1. The van der Waals surface area contributed by atoms with Crippen molar-refractivity contribution < 1.29 is 5.11 Å². The fraction of sp³-hybridized carbons (Fsp3) is 0.500. The summed E-state index contributed by atoms with van der Waals surface area (Å²) in [4.78, 5) is 2.33. The van der Waals surface area contributed by atoms with Crippen LogP contribution in [0.2, 0.25) is 0 Å². The third-order valence-corrected chi connectivity index (χ3v) is 4.30. The van der Waals surface area contributed by atoms with Crippen LogP contribution in [0.5, 0.6) is 0 Å². The van der Waals surface area contributed by atoms with Gasteiger partial charge in [0.1, 0.15) is 5.84 Å². The SMILES string of the molecule is N=C(N)c1c(Br)cccc1N1CCCC1CCCO. The lowest BCUT2D eigenvalue weighted by molar-refractivity contribution is 0.279. The van der Waals surface area contributed by atoms with Crippen molar-refractivity contribution in [3.05, 3.63) is 28.2 Å². The number of amidine groups is 1. The van der Waals surface area contributed by atoms with Crippen LogP contribution in [0.4, 0.5) is 5.69 Å². The maximum atomic E-state index is 8.99. The van der Waals surface area contributed by atoms with Crippen LogP contribution in [-0.2, 0) is 0 Å². The number of benzene rings is 1. The molecule has 0 spiro atoms. The number of rotatable bonds is 5. The highest BCUT2D eigenvalue weighted by molar-refractivity contribution is 9.10. The predicted octanol–water partition coefficient (Wildman–Crippen LogP) is 2.47. The highest BCUT2D eigenvalue weighted by Gasteiger charge is 2.27. The Hall–Kier alpha value is -1.07. The smallest absolute Gasteiger partial charge is 0.126 e. The van der Waals surface area contributed by atoms with E-state index in [1.165, 1.54) is 0 Å². The lowest BCUT2D eigenvalue weighted by Gasteiger charge is -2.29. The molecule has 0 radical (unpaired) electrons. The van der Waals surface area contributed by atoms with Crippen molar-refractivity contribution in [2.75, 3.05) is 18.1 Å². The summed E-state index contributed by atoms with van der Waals surface area (Å²) in [5.74, 6) is 0.0929. The molecule has 0 saturated carbocycles. The molecule has 1 aliphatic heterocycles. The van der Waals surface area contributed by atoms with E-state index < -0.39 is 0 Å². The fourth-order valence-corrected chi connectivity index (χ4v) is 3.37. The predicted molar refractivity (Wildman–Crippen MR) is 81.8 cm³/mol. The van der Waals surface area contributed by atoms with E-state index in [9.17, 15) is 0 Å². The van der Waals surface area contributed by atoms with E-state index in [4.69, 9.17) is 16.2 Å². The van der Waals surface area contributed by atoms with Crippen molar-refractivity contribution >= 4 is 27.5 Å². The van der Waals surface area contributed by atoms with Gasteiger partial charge in [0.15, 0.2) is 0 Å². The number of hydrogen-bond donors (Lipinski definition) is 3. The standard InChI is InChI=1S/C14H20BrN3O/c15-11-6-1-7-12(13(11)14(16)17)18-8-2-4-10(18)5-3-9-19/h1,6-7,10,19H,2-5,8-9H2,(H3,16,17). The van der Waals surface area contributed by atoms with Gasteiger partial charge >= 0.3 is 0 Å². The Labute approximate surface area is 122 Å². The highest BCUT2D eigenvalue weighted by Crippen LogP contribution is 2.33. The average Bonchev–Trinajstić information content (AvgIpc) is 2.83. The molecule has 5 heteroatoms. The first kappa shape index (κ1) is 14.3. The minimum absolute atomic E-state index is 0.0929. The molecule has 1 atom stereocenters. The minimum Gasteiger partial charge on any atom is -0.396 e. The van der Waals surface area contributed by atoms with Gasteiger partial charge in [-0.05, 0) is 53.7 Å². The summed E-state index contributed by atoms with van der Waals surface area (Å²) in [5, 5.41) is 16.8. The molecular weight excluding hydrogens is 306 g/mol. The molecule has 0 bridgehead atoms. The van der Waals surface area contributed by atoms with Crippen LogP contribution in [-0.4, -0.2) is 30.1 Å². The number of nitrogens with two attached hydrogens (primary N) is 1. The molecule has 1 fully saturated rings. The van der Waals surface area contributed by atoms with Crippen molar-refractivity contribution in [2.45, 2.75) is 31.7 Å². The second-order valence-electron chi connectivity index (χ2n) is 4.90. The average molecular weight is 326 g/mol. The van der Waals surface area contributed by atoms with Gasteiger partial charge in [0.25, 0.3) is 0 Å². The van der Waals surface area contributed by atoms with Gasteiger partial charge in [-0.3, -0.25) is 5.41 Å². The van der Waals surface area contributed by atoms with E-state index in [0.717, 1.165) is 48.0 Å². The van der Waals surface area contributed by atoms with Gasteiger partial charge < -0.3 is 15.7 Å². The zero-order valence-corrected chi connectivity index (χ0v) is 12.5. The van der Waals surface area contributed by atoms with Crippen LogP contribution in [0, 0.1) is 5.41 Å². The van der Waals surface area contributed by atoms with Crippen molar-refractivity contribution in [3.63, 3.8) is 0 Å². The molecule has 0 aliphatic carbocycles. The van der Waals surface area contributed by atoms with E-state index in [2.05, 4.69) is 20.8 Å². The van der Waals surface area contributed by atoms with E-state index in [0.29, 0.717) is 6.04 Å². The molecule has 1 heterocycles. The summed E-state index contributed by atoms with van der Waals surface area (Å²) in [5.41, 5.74) is 7.52. The molecule has 1 saturated heterocycles. The zero-order chi connectivity index (χ0) is 13.8. The number of nitrogens with zero attached hydrogens (tertiary/aromatic N) is 1. The van der Waals surface area contributed by atoms with Crippen molar-refractivity contribution in [1.82, 2.24) is 0 Å². The number of nitrogen functional groups attached to an aromatic ring is 1. The van der Waals surface area contributed by atoms with E-state index in [-0.39, 0.29) is 12.4 Å². The Morgan fingerprint density at radius 3 is 3.00 bits per heavy atom. The molecule has 1 aromatic rings. The van der Waals surface area contributed by atoms with Crippen LogP contribution in [0.15, 0.2) is 22.7 Å². The van der Waals surface area contributed by atoms with Gasteiger partial charge in [0, 0.05) is 29.4 Å². The second-order valence-corrected chi connectivity index (χ2v) is 5.76. The minimum atomic E-state index is 0.0929. The number of anilines is 1. The summed E-state index contributed by atoms with van der Waals surface area (Å²) in [6.07, 6.45) is 4.11. The first-order valence-corrected chi connectivity index (χ1v) is 7.45. The molecule has 1 aliphatic rings. The quantitative estimate of drug-likeness (QED) is 0.575. The molecule has 104 valence electrons. The number of aliphatic hydroxyl groups excluding tert-OH is 1. The summed E-state index contributed by atoms with van der Waals surface area (Å²) >= 11 is 3.48. The van der Waals surface area contributed by atoms with Crippen molar-refractivity contribution in [2.24, 2.45) is 5.73 Å². The number of aliphatic hydroxyl groups is 1. The van der Waals surface area contributed by atoms with Gasteiger partial charge in [-0.15, -0.1) is 0 Å². The second kappa shape index (κ2) is 6.39. The van der Waals surface area contributed by atoms with E-state index in [1.54, 1.807) is 0 Å². The first-order chi connectivity index (χ1) is 9.15. The monoisotopic (exact) mass is 325 g/mol. The van der Waals surface area contributed by atoms with Crippen LogP contribution < -0.4 is 10.6 Å². The lowest BCUT2D eigenvalue weighted by atomic mass is 10.1. The Morgan fingerprint density at radius 1 is 1.53 bits per heavy atom. The molecule has 4 N–H and O–H groups in total. The van der Waals surface area contributed by atoms with Crippen molar-refractivity contribution in [3.8, 4) is 0 Å². The molecule has 4 nitrogen and oxygen atoms in total. The summed E-state index contributed by atoms with van der Waals surface area (Å²) < 4.78 is 0.866. The van der Waals surface area contributed by atoms with E-state index in [1.807, 2.05) is 18.2 Å². The number of hydrogen-bond acceptors (Lipinski definition) is 3. The maximum absolute atomic E-state index is 8.99. The first-order valence-electron chi connectivity index (χ1n) is 6.65. The molecule has 1 aromatic carbocycles. The Kier molecular flexibility index (Phi) is 4.82. The topological polar surface area (TPSA) is 73.3 Å². The summed E-state index contributed by atoms with van der Waals surface area (Å²) in [6.45, 7) is 1.23. The molecular formula is C14H20BrN3O. The zero-order valence-electron chi connectivity index (χ0n) is 10.9. The number of halogens is 1. The highest BCUT2D eigenvalue weighted by atomic mass is 79.9. The summed E-state index contributed by atoms with van der Waals surface area (Å²) in [6, 6.07) is 6.37. The molecule has 0 amide bonds. The van der Waals surface area contributed by atoms with Crippen molar-refractivity contribution in [1.29, 1.82) is 5.41 Å². The maximum Gasteiger partial charge on any atom is 0.126 e. The van der Waals surface area contributed by atoms with Crippen LogP contribution in [0.1, 0.15) is 31.2 Å². The summed E-state index contributed by atoms with van der Waals surface area (Å²) in [7, 11) is 0. The molecule has 0 aromatic heterocycles. The third kappa shape index (κ3) is 3.09.